The van der Waals surface area contributed by atoms with Gasteiger partial charge in [0.2, 0.25) is 5.91 Å². The number of aromatic nitrogens is 3. The number of anilines is 2. The van der Waals surface area contributed by atoms with E-state index in [4.69, 9.17) is 4.74 Å². The lowest BCUT2D eigenvalue weighted by molar-refractivity contribution is -0.116. The van der Waals surface area contributed by atoms with Crippen molar-refractivity contribution < 1.29 is 14.3 Å². The number of benzene rings is 1. The highest BCUT2D eigenvalue weighted by molar-refractivity contribution is 7.14. The summed E-state index contributed by atoms with van der Waals surface area (Å²) in [6.45, 7) is -0.0684. The first-order valence-electron chi connectivity index (χ1n) is 8.41. The normalized spacial score (nSPS) is 10.4. The maximum Gasteiger partial charge on any atom is 0.271 e. The molecular weight excluding hydrogens is 380 g/mol. The number of ether oxygens (including phenoxy) is 1. The zero-order valence-electron chi connectivity index (χ0n) is 15.6. The highest BCUT2D eigenvalue weighted by atomic mass is 32.1. The number of thiazole rings is 1. The lowest BCUT2D eigenvalue weighted by atomic mass is 10.1. The highest BCUT2D eigenvalue weighted by Gasteiger charge is 2.19. The summed E-state index contributed by atoms with van der Waals surface area (Å²) in [7, 11) is 4.78. The minimum absolute atomic E-state index is 0.0684. The fraction of sp³-hybridized carbons (Fsp3) is 0.222. The molecule has 2 aromatic heterocycles. The van der Waals surface area contributed by atoms with Crippen molar-refractivity contribution in [2.24, 2.45) is 0 Å². The van der Waals surface area contributed by atoms with E-state index < -0.39 is 0 Å². The lowest BCUT2D eigenvalue weighted by Gasteiger charge is -2.08. The Kier molecular flexibility index (Phi) is 5.90. The van der Waals surface area contributed by atoms with Crippen LogP contribution in [0.4, 0.5) is 10.9 Å². The number of rotatable bonds is 7. The van der Waals surface area contributed by atoms with Crippen LogP contribution in [-0.4, -0.2) is 47.6 Å². The number of para-hydroxylation sites is 1. The van der Waals surface area contributed by atoms with Crippen molar-refractivity contribution in [2.45, 2.75) is 6.54 Å². The van der Waals surface area contributed by atoms with Gasteiger partial charge in [0.05, 0.1) is 19.1 Å². The van der Waals surface area contributed by atoms with E-state index in [1.807, 2.05) is 29.6 Å². The monoisotopic (exact) mass is 400 g/mol. The third-order valence-electron chi connectivity index (χ3n) is 3.96. The number of amides is 2. The first-order valence-corrected chi connectivity index (χ1v) is 9.29. The zero-order valence-corrected chi connectivity index (χ0v) is 16.5. The van der Waals surface area contributed by atoms with E-state index in [9.17, 15) is 9.59 Å². The Bertz CT molecular complexity index is 997. The summed E-state index contributed by atoms with van der Waals surface area (Å²) >= 11 is 1.31. The molecule has 0 aliphatic heterocycles. The third kappa shape index (κ3) is 3.96. The largest absolute Gasteiger partial charge is 0.496 e. The third-order valence-corrected chi connectivity index (χ3v) is 4.72. The molecule has 2 heterocycles. The molecule has 28 heavy (non-hydrogen) atoms. The van der Waals surface area contributed by atoms with Crippen LogP contribution >= 0.6 is 11.3 Å². The van der Waals surface area contributed by atoms with Crippen LogP contribution < -0.4 is 20.7 Å². The van der Waals surface area contributed by atoms with E-state index in [1.165, 1.54) is 29.3 Å². The predicted molar refractivity (Wildman–Crippen MR) is 108 cm³/mol. The molecule has 3 aromatic rings. The topological polar surface area (TPSA) is 110 Å². The second kappa shape index (κ2) is 8.53. The van der Waals surface area contributed by atoms with Gasteiger partial charge in [-0.1, -0.05) is 12.1 Å². The standard InChI is InChI=1S/C18H20N6O3S/c1-19-16-15(17(26)20-2)24(10-21-16)8-14(25)23-18-22-12(9-28-18)11-6-4-5-7-13(11)27-3/h4-7,9-10,19H,8H2,1-3H3,(H,20,26)(H,22,23,25). The van der Waals surface area contributed by atoms with Crippen LogP contribution in [0.5, 0.6) is 5.75 Å². The summed E-state index contributed by atoms with van der Waals surface area (Å²) in [5.41, 5.74) is 1.84. The molecule has 3 N–H and O–H groups in total. The Morgan fingerprint density at radius 3 is 2.75 bits per heavy atom. The molecule has 3 rings (SSSR count). The van der Waals surface area contributed by atoms with Gasteiger partial charge in [0, 0.05) is 25.0 Å². The van der Waals surface area contributed by atoms with Gasteiger partial charge in [0.1, 0.15) is 12.3 Å². The molecule has 0 saturated heterocycles. The molecule has 0 unspecified atom stereocenters. The van der Waals surface area contributed by atoms with E-state index in [0.717, 1.165) is 5.56 Å². The highest BCUT2D eigenvalue weighted by Crippen LogP contribution is 2.31. The van der Waals surface area contributed by atoms with Crippen molar-refractivity contribution in [1.29, 1.82) is 0 Å². The van der Waals surface area contributed by atoms with Crippen molar-refractivity contribution in [3.05, 3.63) is 41.7 Å². The Labute approximate surface area is 165 Å². The van der Waals surface area contributed by atoms with Gasteiger partial charge >= 0.3 is 0 Å². The number of methoxy groups -OCH3 is 1. The number of imidazole rings is 1. The number of nitrogens with zero attached hydrogens (tertiary/aromatic N) is 3. The fourth-order valence-corrected chi connectivity index (χ4v) is 3.39. The van der Waals surface area contributed by atoms with Crippen LogP contribution in [0.25, 0.3) is 11.3 Å². The molecule has 0 aliphatic rings. The smallest absolute Gasteiger partial charge is 0.271 e. The number of hydrogen-bond acceptors (Lipinski definition) is 7. The molecule has 0 radical (unpaired) electrons. The summed E-state index contributed by atoms with van der Waals surface area (Å²) in [5.74, 6) is 0.465. The van der Waals surface area contributed by atoms with Gasteiger partial charge in [-0.05, 0) is 12.1 Å². The Morgan fingerprint density at radius 2 is 2.04 bits per heavy atom. The SMILES string of the molecule is CNC(=O)c1c(NC)ncn1CC(=O)Nc1nc(-c2ccccc2OC)cs1. The summed E-state index contributed by atoms with van der Waals surface area (Å²) < 4.78 is 6.83. The minimum Gasteiger partial charge on any atom is -0.496 e. The summed E-state index contributed by atoms with van der Waals surface area (Å²) in [6.07, 6.45) is 1.44. The van der Waals surface area contributed by atoms with Gasteiger partial charge in [-0.15, -0.1) is 11.3 Å². The molecule has 9 nitrogen and oxygen atoms in total. The maximum absolute atomic E-state index is 12.4. The molecule has 0 fully saturated rings. The van der Waals surface area contributed by atoms with Crippen molar-refractivity contribution in [2.75, 3.05) is 31.8 Å². The summed E-state index contributed by atoms with van der Waals surface area (Å²) in [4.78, 5) is 33.1. The van der Waals surface area contributed by atoms with Gasteiger partial charge in [-0.3, -0.25) is 9.59 Å². The van der Waals surface area contributed by atoms with Crippen LogP contribution in [0.2, 0.25) is 0 Å². The molecule has 10 heteroatoms. The van der Waals surface area contributed by atoms with Crippen LogP contribution in [0.15, 0.2) is 36.0 Å². The first kappa shape index (κ1) is 19.4. The minimum atomic E-state index is -0.331. The van der Waals surface area contributed by atoms with Crippen LogP contribution in [0, 0.1) is 0 Å². The summed E-state index contributed by atoms with van der Waals surface area (Å²) in [5, 5.41) is 10.4. The first-order chi connectivity index (χ1) is 13.6. The van der Waals surface area contributed by atoms with Gasteiger partial charge in [-0.25, -0.2) is 9.97 Å². The molecule has 0 aliphatic carbocycles. The Balaban J connectivity index is 1.74. The molecule has 2 amide bonds. The second-order valence-corrected chi connectivity index (χ2v) is 6.54. The van der Waals surface area contributed by atoms with E-state index in [2.05, 4.69) is 25.9 Å². The van der Waals surface area contributed by atoms with Crippen molar-refractivity contribution >= 4 is 34.1 Å². The quantitative estimate of drug-likeness (QED) is 0.560. The van der Waals surface area contributed by atoms with Crippen molar-refractivity contribution in [3.63, 3.8) is 0 Å². The maximum atomic E-state index is 12.4. The van der Waals surface area contributed by atoms with Crippen LogP contribution in [0.1, 0.15) is 10.5 Å². The number of nitrogens with one attached hydrogen (secondary N) is 3. The van der Waals surface area contributed by atoms with Crippen molar-refractivity contribution in [1.82, 2.24) is 19.9 Å². The summed E-state index contributed by atoms with van der Waals surface area (Å²) in [6, 6.07) is 7.53. The molecule has 1 aromatic carbocycles. The zero-order chi connectivity index (χ0) is 20.1. The number of carbonyl (C=O) groups excluding carboxylic acids is 2. The average Bonchev–Trinajstić information content (AvgIpc) is 3.34. The van der Waals surface area contributed by atoms with Gasteiger partial charge in [-0.2, -0.15) is 0 Å². The molecule has 0 atom stereocenters. The van der Waals surface area contributed by atoms with Gasteiger partial charge < -0.3 is 25.3 Å². The number of hydrogen-bond donors (Lipinski definition) is 3. The fourth-order valence-electron chi connectivity index (χ4n) is 2.67. The Morgan fingerprint density at radius 1 is 1.25 bits per heavy atom. The van der Waals surface area contributed by atoms with E-state index in [-0.39, 0.29) is 24.1 Å². The van der Waals surface area contributed by atoms with E-state index in [1.54, 1.807) is 14.2 Å². The van der Waals surface area contributed by atoms with Gasteiger partial charge in [0.15, 0.2) is 16.6 Å². The van der Waals surface area contributed by atoms with Crippen molar-refractivity contribution in [3.8, 4) is 17.0 Å². The molecule has 0 saturated carbocycles. The molecular formula is C18H20N6O3S. The predicted octanol–water partition coefficient (Wildman–Crippen LogP) is 2.06. The average molecular weight is 400 g/mol. The van der Waals surface area contributed by atoms with E-state index in [0.29, 0.717) is 22.4 Å². The Hall–Kier alpha value is -3.40. The van der Waals surface area contributed by atoms with Crippen LogP contribution in [-0.2, 0) is 11.3 Å². The van der Waals surface area contributed by atoms with Crippen LogP contribution in [0.3, 0.4) is 0 Å². The molecule has 146 valence electrons. The lowest BCUT2D eigenvalue weighted by Crippen LogP contribution is -2.26. The second-order valence-electron chi connectivity index (χ2n) is 5.69. The van der Waals surface area contributed by atoms with E-state index >= 15 is 0 Å². The molecule has 0 spiro atoms. The number of carbonyl (C=O) groups is 2. The van der Waals surface area contributed by atoms with Gasteiger partial charge in [0.25, 0.3) is 5.91 Å². The molecule has 0 bridgehead atoms.